The van der Waals surface area contributed by atoms with Crippen LogP contribution < -0.4 is 64.6 Å². The van der Waals surface area contributed by atoms with Gasteiger partial charge in [0, 0.05) is 189 Å². The van der Waals surface area contributed by atoms with Gasteiger partial charge in [-0.05, 0) is 84.4 Å². The number of benzene rings is 4. The summed E-state index contributed by atoms with van der Waals surface area (Å²) < 4.78 is 0. The molecule has 13 amide bonds. The molecule has 0 saturated carbocycles. The fraction of sp³-hybridized carbons (Fsp3) is 0.469. The van der Waals surface area contributed by atoms with Crippen molar-refractivity contribution in [1.82, 2.24) is 77.7 Å². The quantitative estimate of drug-likeness (QED) is 0.0132. The number of thioether (sulfide) groups is 2. The zero-order chi connectivity index (χ0) is 95.8. The Bertz CT molecular complexity index is 5350. The van der Waals surface area contributed by atoms with Gasteiger partial charge in [0.2, 0.25) is 70.9 Å². The van der Waals surface area contributed by atoms with E-state index in [4.69, 9.17) is 17.9 Å². The molecule has 0 radical (unpaired) electrons. The number of hydrogen-bond acceptors (Lipinski definition) is 22. The molecule has 2 unspecified atom stereocenters. The lowest BCUT2D eigenvalue weighted by molar-refractivity contribution is -0.137. The Kier molecular flexibility index (Phi) is 38.7. The number of terminal acetylenes is 1. The van der Waals surface area contributed by atoms with Crippen molar-refractivity contribution in [2.75, 3.05) is 29.9 Å². The van der Waals surface area contributed by atoms with Crippen molar-refractivity contribution in [3.63, 3.8) is 0 Å². The number of carbonyl (C=O) groups is 17. The number of anilines is 1. The number of fused-ring (bicyclic) bond motifs is 3. The van der Waals surface area contributed by atoms with E-state index in [9.17, 15) is 57.5 Å². The van der Waals surface area contributed by atoms with E-state index in [0.717, 1.165) is 22.0 Å². The number of nitrogens with two attached hydrogens (primary N) is 2. The number of primary amides is 2. The summed E-state index contributed by atoms with van der Waals surface area (Å²) in [4.78, 5) is 258. The first-order valence-electron chi connectivity index (χ1n) is 45.1. The predicted octanol–water partition coefficient (Wildman–Crippen LogP) is 5.20. The second-order valence-corrected chi connectivity index (χ2v) is 36.7. The Morgan fingerprint density at radius 1 is 0.632 bits per heavy atom. The second-order valence-electron chi connectivity index (χ2n) is 34.6. The molecule has 0 bridgehead atoms. The summed E-state index contributed by atoms with van der Waals surface area (Å²) in [6.07, 6.45) is 12.0. The van der Waals surface area contributed by atoms with Crippen LogP contribution in [-0.2, 0) is 120 Å². The van der Waals surface area contributed by atoms with E-state index < -0.39 is 186 Å². The number of rotatable bonds is 45. The van der Waals surface area contributed by atoms with Crippen LogP contribution in [0.5, 0.6) is 0 Å². The lowest BCUT2D eigenvalue weighted by atomic mass is 9.84. The number of ketones is 4. The highest BCUT2D eigenvalue weighted by Gasteiger charge is 2.43. The molecule has 3 aliphatic rings. The number of carbonyl (C=O) groups excluding carboxylic acids is 17. The van der Waals surface area contributed by atoms with E-state index in [1.807, 2.05) is 61.5 Å². The minimum absolute atomic E-state index is 0.0216. The number of para-hydroxylation sites is 1. The van der Waals surface area contributed by atoms with Crippen molar-refractivity contribution >= 4 is 140 Å². The van der Waals surface area contributed by atoms with E-state index in [-0.39, 0.29) is 125 Å². The Morgan fingerprint density at radius 2 is 1.30 bits per heavy atom. The third-order valence-electron chi connectivity index (χ3n) is 24.3. The summed E-state index contributed by atoms with van der Waals surface area (Å²) in [6, 6.07) is 18.6. The van der Waals surface area contributed by atoms with Crippen LogP contribution >= 0.6 is 23.5 Å². The number of aromatic nitrogens is 5. The number of H-pyrrole nitrogens is 3. The zero-order valence-electron chi connectivity index (χ0n) is 75.4. The molecule has 3 aromatic heterocycles. The number of nitrogens with zero attached hydrogens (tertiary/aromatic N) is 3. The van der Waals surface area contributed by atoms with E-state index in [1.165, 1.54) is 60.4 Å². The third-order valence-corrected chi connectivity index (χ3v) is 26.5. The summed E-state index contributed by atoms with van der Waals surface area (Å²) in [7, 11) is 0. The first-order valence-corrected chi connectivity index (χ1v) is 47.4. The number of aromatic amines is 3. The lowest BCUT2D eigenvalue weighted by Gasteiger charge is -2.29. The van der Waals surface area contributed by atoms with Gasteiger partial charge in [-0.25, -0.2) is 9.97 Å². The maximum atomic E-state index is 15.5. The van der Waals surface area contributed by atoms with Crippen LogP contribution in [0.3, 0.4) is 0 Å². The van der Waals surface area contributed by atoms with Crippen molar-refractivity contribution in [2.45, 2.75) is 223 Å². The highest BCUT2D eigenvalue weighted by molar-refractivity contribution is 7.98. The van der Waals surface area contributed by atoms with Gasteiger partial charge in [0.05, 0.1) is 55.1 Å². The number of piperidine rings is 1. The van der Waals surface area contributed by atoms with E-state index in [2.05, 4.69) is 84.0 Å². The Hall–Kier alpha value is -13.1. The van der Waals surface area contributed by atoms with Gasteiger partial charge < -0.3 is 79.2 Å². The van der Waals surface area contributed by atoms with Gasteiger partial charge in [0.25, 0.3) is 5.91 Å². The van der Waals surface area contributed by atoms with Gasteiger partial charge in [-0.1, -0.05) is 120 Å². The average Bonchev–Trinajstić information content (AvgIpc) is 1.62. The molecular formula is C96H120N18O17S2. The molecule has 10 rings (SSSR count). The molecule has 708 valence electrons. The summed E-state index contributed by atoms with van der Waals surface area (Å²) in [5, 5.41) is 29.0. The van der Waals surface area contributed by atoms with Crippen molar-refractivity contribution in [3.05, 3.63) is 173 Å². The fourth-order valence-corrected chi connectivity index (χ4v) is 18.7. The molecule has 35 nitrogen and oxygen atoms in total. The Morgan fingerprint density at radius 3 is 1.98 bits per heavy atom. The highest BCUT2D eigenvalue weighted by Crippen LogP contribution is 2.34. The van der Waals surface area contributed by atoms with Gasteiger partial charge in [-0.2, -0.15) is 23.5 Å². The van der Waals surface area contributed by atoms with Crippen LogP contribution in [0.25, 0.3) is 10.9 Å². The topological polar surface area (TPSA) is 539 Å². The smallest absolute Gasteiger partial charge is 0.255 e. The van der Waals surface area contributed by atoms with Gasteiger partial charge in [-0.3, -0.25) is 86.8 Å². The molecule has 6 heterocycles. The summed E-state index contributed by atoms with van der Waals surface area (Å²) in [5.74, 6) is -13.2. The standard InChI is InChI=1S/C96H120N18O17S2/c1-7-9-30-85(121)112-87(55(3)4)82(118)41-63-51-132-49-59-23-13-14-24-60(59)50-133-52-77(111-89(124)57(6)36-79(115)75(44-83(97)119)107-91(63)126)94(129)110-76(37-58-21-11-10-12-22-58)93(128)109-74(42-65-47-100-54-105-65)81(117)43-68(56(5)8-2)92(127)108-73(39-62-45-103-70-27-16-15-25-66(62)70)80(116)40-61(38-64-46-99-53-104-64)90(125)106-72(88(98)123)28-17-18-34-102-84(120)31-20-35-101-71-29-19-26-67-69(71)48-114(96(67)131)78-32-33-86(122)113-95(78)130/h1,10-16,19,21-27,29,45-47,53-57,61,63,68,72-78,87,101,103H,8-9,17-18,20,28,30-44,48-52H2,2-6H3,(H2,97,119)(H2,98,123)(H,99,104)(H,100,105)(H,102,120)(H,106,125)(H,107,126)(H,108,127)(H,109,128)(H,110,129)(H,111,124)(H,112,121)(H,113,122,130)/t56-,57+,61+,63+,68?,72-,73-,74-,75-,76-,77+,78?,87-/m0/s1. The summed E-state index contributed by atoms with van der Waals surface area (Å²) in [5.41, 5.74) is 18.0. The molecule has 0 aliphatic carbocycles. The third kappa shape index (κ3) is 30.2. The molecule has 37 heteroatoms. The number of hydrogen-bond donors (Lipinski definition) is 15. The molecule has 1 saturated heterocycles. The maximum absolute atomic E-state index is 15.5. The molecular weight excluding hydrogens is 1740 g/mol. The molecule has 13 atom stereocenters. The number of imide groups is 1. The summed E-state index contributed by atoms with van der Waals surface area (Å²) >= 11 is 2.61. The van der Waals surface area contributed by atoms with Crippen molar-refractivity contribution in [1.29, 1.82) is 0 Å². The van der Waals surface area contributed by atoms with E-state index >= 15 is 24.0 Å². The first kappa shape index (κ1) is 102. The van der Waals surface area contributed by atoms with E-state index in [1.54, 1.807) is 69.4 Å². The van der Waals surface area contributed by atoms with Crippen LogP contribution in [0.1, 0.15) is 180 Å². The van der Waals surface area contributed by atoms with Gasteiger partial charge in [0.1, 0.15) is 24.2 Å². The summed E-state index contributed by atoms with van der Waals surface area (Å²) in [6.45, 7) is 9.32. The number of unbranched alkanes of at least 4 members (excludes halogenated alkanes) is 1. The Labute approximate surface area is 780 Å². The number of Topliss-reactive ketones (excluding diaryl/α,β-unsaturated/α-hetero) is 4. The molecule has 133 heavy (non-hydrogen) atoms. The van der Waals surface area contributed by atoms with Crippen molar-refractivity contribution < 1.29 is 81.5 Å². The van der Waals surface area contributed by atoms with Gasteiger partial charge in [0.15, 0.2) is 23.1 Å². The molecule has 4 aromatic carbocycles. The van der Waals surface area contributed by atoms with E-state index in [0.29, 0.717) is 77.3 Å². The predicted molar refractivity (Wildman–Crippen MR) is 500 cm³/mol. The molecule has 3 aliphatic heterocycles. The molecule has 0 spiro atoms. The zero-order valence-corrected chi connectivity index (χ0v) is 77.1. The first-order chi connectivity index (χ1) is 63.8. The molecule has 17 N–H and O–H groups in total. The normalized spacial score (nSPS) is 18.6. The van der Waals surface area contributed by atoms with Crippen LogP contribution in [0, 0.1) is 47.9 Å². The van der Waals surface area contributed by atoms with Crippen molar-refractivity contribution in [2.24, 2.45) is 47.0 Å². The molecule has 7 aromatic rings. The monoisotopic (exact) mass is 1860 g/mol. The number of imidazole rings is 2. The highest BCUT2D eigenvalue weighted by atomic mass is 32.2. The molecule has 1 fully saturated rings. The maximum Gasteiger partial charge on any atom is 0.255 e. The Balaban J connectivity index is 0.817. The fourth-order valence-electron chi connectivity index (χ4n) is 16.5. The van der Waals surface area contributed by atoms with Crippen LogP contribution in [0.2, 0.25) is 0 Å². The van der Waals surface area contributed by atoms with Crippen LogP contribution in [0.4, 0.5) is 5.69 Å². The largest absolute Gasteiger partial charge is 0.385 e. The SMILES string of the molecule is C#CCCC(=O)N[C@H](C(=O)C[C@@H]1CSCc2ccccc2CSC[C@H](C(=O)N[C@@H](Cc2ccccc2)C(=O)N[C@@H](Cc2cnc[nH]2)C(=O)CC(C(=O)N[C@@H](Cc2c[nH]c3ccccc23)C(=O)C[C@@H](Cc2cnc[nH]2)C(=O)N[C@@H](CCCCNC(=O)CCCNc2cccc3c2CN(C2CCC(=O)NC2=O)C3=O)C(N)=O)[C@@H](C)CC)NC(=O)[C@H](C)CC(=O)[C@H](CC(N)=O)NC1=O)C(C)C. The van der Waals surface area contributed by atoms with Crippen molar-refractivity contribution in [3.8, 4) is 12.3 Å². The van der Waals surface area contributed by atoms with Gasteiger partial charge >= 0.3 is 0 Å². The minimum Gasteiger partial charge on any atom is -0.385 e. The van der Waals surface area contributed by atoms with Crippen LogP contribution in [-0.4, -0.2) is 203 Å². The average molecular weight is 1860 g/mol. The number of nitrogens with one attached hydrogen (secondary N) is 13. The number of amides is 13. The second kappa shape index (κ2) is 50.5. The lowest BCUT2D eigenvalue weighted by Crippen LogP contribution is -2.58. The van der Waals surface area contributed by atoms with Gasteiger partial charge in [-0.15, -0.1) is 12.3 Å². The van der Waals surface area contributed by atoms with Crippen LogP contribution in [0.15, 0.2) is 128 Å². The minimum atomic E-state index is -1.55.